The minimum Gasteiger partial charge on any atom is -0.384 e. The Hall–Kier alpha value is -0.860. The number of nitrogens with zero attached hydrogens (tertiary/aromatic N) is 2. The Balaban J connectivity index is 1.97. The van der Waals surface area contributed by atoms with Crippen molar-refractivity contribution in [1.82, 2.24) is 9.80 Å². The molecule has 0 radical (unpaired) electrons. The molecule has 1 aliphatic rings. The summed E-state index contributed by atoms with van der Waals surface area (Å²) in [5, 5.41) is 8.70. The molecular formula is C15H22N2OS. The van der Waals surface area contributed by atoms with E-state index in [1.165, 1.54) is 24.4 Å². The van der Waals surface area contributed by atoms with Crippen molar-refractivity contribution in [1.29, 1.82) is 0 Å². The molecule has 1 aliphatic heterocycles. The van der Waals surface area contributed by atoms with Crippen LogP contribution in [0.5, 0.6) is 0 Å². The average molecular weight is 278 g/mol. The molecule has 2 rings (SSSR count). The molecule has 1 aromatic heterocycles. The van der Waals surface area contributed by atoms with Crippen molar-refractivity contribution in [3.63, 3.8) is 0 Å². The molecule has 0 bridgehead atoms. The maximum absolute atomic E-state index is 8.70. The molecule has 0 spiro atoms. The third-order valence-electron chi connectivity index (χ3n) is 3.50. The second-order valence-electron chi connectivity index (χ2n) is 5.16. The van der Waals surface area contributed by atoms with Gasteiger partial charge in [0.15, 0.2) is 0 Å². The highest BCUT2D eigenvalue weighted by Gasteiger charge is 2.19. The van der Waals surface area contributed by atoms with Crippen LogP contribution in [0.2, 0.25) is 0 Å². The van der Waals surface area contributed by atoms with E-state index >= 15 is 0 Å². The van der Waals surface area contributed by atoms with Gasteiger partial charge in [-0.2, -0.15) is 0 Å². The molecule has 1 aromatic rings. The number of hydrogen-bond donors (Lipinski definition) is 1. The summed E-state index contributed by atoms with van der Waals surface area (Å²) in [6, 6.07) is 4.81. The smallest absolute Gasteiger partial charge is 0.104 e. The van der Waals surface area contributed by atoms with E-state index in [1.807, 2.05) is 0 Å². The van der Waals surface area contributed by atoms with Crippen LogP contribution in [-0.4, -0.2) is 54.2 Å². The molecule has 1 atom stereocenters. The number of thiophene rings is 1. The van der Waals surface area contributed by atoms with Gasteiger partial charge in [0.1, 0.15) is 6.61 Å². The Bertz CT molecular complexity index is 460. The highest BCUT2D eigenvalue weighted by Crippen LogP contribution is 2.20. The van der Waals surface area contributed by atoms with Gasteiger partial charge in [-0.3, -0.25) is 4.90 Å². The zero-order valence-electron chi connectivity index (χ0n) is 11.7. The molecule has 19 heavy (non-hydrogen) atoms. The monoisotopic (exact) mass is 278 g/mol. The summed E-state index contributed by atoms with van der Waals surface area (Å²) in [7, 11) is 2.20. The quantitative estimate of drug-likeness (QED) is 0.833. The Labute approximate surface area is 119 Å². The summed E-state index contributed by atoms with van der Waals surface area (Å²) in [6.07, 6.45) is 1.24. The van der Waals surface area contributed by atoms with E-state index in [1.54, 1.807) is 11.3 Å². The largest absolute Gasteiger partial charge is 0.384 e. The molecule has 104 valence electrons. The molecule has 3 nitrogen and oxygen atoms in total. The van der Waals surface area contributed by atoms with Crippen molar-refractivity contribution in [2.45, 2.75) is 25.9 Å². The highest BCUT2D eigenvalue weighted by molar-refractivity contribution is 7.12. The van der Waals surface area contributed by atoms with E-state index in [9.17, 15) is 0 Å². The second-order valence-corrected chi connectivity index (χ2v) is 6.33. The van der Waals surface area contributed by atoms with Gasteiger partial charge in [0.25, 0.3) is 0 Å². The zero-order chi connectivity index (χ0) is 13.7. The SMILES string of the molecule is CC1CN(C)CCCN1Cc1ccc(C#CCO)s1. The van der Waals surface area contributed by atoms with Gasteiger partial charge in [0, 0.05) is 30.6 Å². The summed E-state index contributed by atoms with van der Waals surface area (Å²) in [4.78, 5) is 7.37. The maximum atomic E-state index is 8.70. The van der Waals surface area contributed by atoms with Crippen molar-refractivity contribution >= 4 is 11.3 Å². The van der Waals surface area contributed by atoms with Gasteiger partial charge in [-0.1, -0.05) is 11.8 Å². The third-order valence-corrected chi connectivity index (χ3v) is 4.48. The molecule has 0 aliphatic carbocycles. The van der Waals surface area contributed by atoms with Gasteiger partial charge in [-0.25, -0.2) is 0 Å². The molecule has 1 saturated heterocycles. The van der Waals surface area contributed by atoms with Gasteiger partial charge >= 0.3 is 0 Å². The molecule has 0 aromatic carbocycles. The Morgan fingerprint density at radius 1 is 1.42 bits per heavy atom. The molecule has 2 heterocycles. The summed E-state index contributed by atoms with van der Waals surface area (Å²) in [5.74, 6) is 5.68. The Kier molecular flexibility index (Phi) is 5.41. The first-order valence-electron chi connectivity index (χ1n) is 6.80. The molecule has 4 heteroatoms. The van der Waals surface area contributed by atoms with E-state index in [2.05, 4.69) is 47.7 Å². The summed E-state index contributed by atoms with van der Waals surface area (Å²) in [6.45, 7) is 6.76. The molecule has 1 unspecified atom stereocenters. The fourth-order valence-electron chi connectivity index (χ4n) is 2.51. The van der Waals surface area contributed by atoms with Crippen LogP contribution >= 0.6 is 11.3 Å². The van der Waals surface area contributed by atoms with Crippen molar-refractivity contribution < 1.29 is 5.11 Å². The van der Waals surface area contributed by atoms with Crippen molar-refractivity contribution in [2.24, 2.45) is 0 Å². The number of rotatable bonds is 2. The first-order valence-corrected chi connectivity index (χ1v) is 7.61. The van der Waals surface area contributed by atoms with E-state index in [4.69, 9.17) is 5.11 Å². The lowest BCUT2D eigenvalue weighted by molar-refractivity contribution is 0.196. The predicted molar refractivity (Wildman–Crippen MR) is 80.3 cm³/mol. The van der Waals surface area contributed by atoms with Crippen LogP contribution in [0.4, 0.5) is 0 Å². The number of hydrogen-bond acceptors (Lipinski definition) is 4. The molecular weight excluding hydrogens is 256 g/mol. The fraction of sp³-hybridized carbons (Fsp3) is 0.600. The topological polar surface area (TPSA) is 26.7 Å². The fourth-order valence-corrected chi connectivity index (χ4v) is 3.42. The lowest BCUT2D eigenvalue weighted by Crippen LogP contribution is -2.37. The van der Waals surface area contributed by atoms with Gasteiger partial charge < -0.3 is 10.0 Å². The minimum absolute atomic E-state index is 0.0667. The predicted octanol–water partition coefficient (Wildman–Crippen LogP) is 1.62. The van der Waals surface area contributed by atoms with Gasteiger partial charge in [0.2, 0.25) is 0 Å². The van der Waals surface area contributed by atoms with Gasteiger partial charge in [-0.05, 0) is 39.1 Å². The van der Waals surface area contributed by atoms with Crippen LogP contribution < -0.4 is 0 Å². The normalized spacial score (nSPS) is 21.7. The number of likely N-dealkylation sites (N-methyl/N-ethyl adjacent to an activating group) is 1. The van der Waals surface area contributed by atoms with E-state index in [0.29, 0.717) is 6.04 Å². The van der Waals surface area contributed by atoms with Crippen molar-refractivity contribution in [3.05, 3.63) is 21.9 Å². The lowest BCUT2D eigenvalue weighted by atomic mass is 10.2. The summed E-state index contributed by atoms with van der Waals surface area (Å²) < 4.78 is 0. The lowest BCUT2D eigenvalue weighted by Gasteiger charge is -2.27. The molecule has 1 N–H and O–H groups in total. The van der Waals surface area contributed by atoms with Gasteiger partial charge in [0.05, 0.1) is 4.88 Å². The van der Waals surface area contributed by atoms with Crippen molar-refractivity contribution in [3.8, 4) is 11.8 Å². The zero-order valence-corrected chi connectivity index (χ0v) is 12.5. The van der Waals surface area contributed by atoms with E-state index < -0.39 is 0 Å². The first-order chi connectivity index (χ1) is 9.19. The molecule has 0 amide bonds. The molecule has 0 saturated carbocycles. The maximum Gasteiger partial charge on any atom is 0.104 e. The van der Waals surface area contributed by atoms with E-state index in [-0.39, 0.29) is 6.61 Å². The second kappa shape index (κ2) is 7.06. The standard InChI is InChI=1S/C15H22N2OS/c1-13-11-16(2)8-4-9-17(13)12-15-7-6-14(19-15)5-3-10-18/h6-7,13,18H,4,8-12H2,1-2H3. The third kappa shape index (κ3) is 4.32. The summed E-state index contributed by atoms with van der Waals surface area (Å²) >= 11 is 1.74. The van der Waals surface area contributed by atoms with Crippen molar-refractivity contribution in [2.75, 3.05) is 33.3 Å². The van der Waals surface area contributed by atoms with E-state index in [0.717, 1.165) is 18.0 Å². The van der Waals surface area contributed by atoms with Crippen LogP contribution in [0.1, 0.15) is 23.1 Å². The first kappa shape index (κ1) is 14.5. The Morgan fingerprint density at radius 2 is 2.26 bits per heavy atom. The van der Waals surface area contributed by atoms with Crippen LogP contribution in [0.25, 0.3) is 0 Å². The van der Waals surface area contributed by atoms with Crippen LogP contribution in [0.15, 0.2) is 12.1 Å². The summed E-state index contributed by atoms with van der Waals surface area (Å²) in [5.41, 5.74) is 0. The van der Waals surface area contributed by atoms with Crippen LogP contribution in [-0.2, 0) is 6.54 Å². The Morgan fingerprint density at radius 3 is 3.05 bits per heavy atom. The van der Waals surface area contributed by atoms with Crippen LogP contribution in [0.3, 0.4) is 0 Å². The highest BCUT2D eigenvalue weighted by atomic mass is 32.1. The minimum atomic E-state index is -0.0667. The molecule has 1 fully saturated rings. The number of aliphatic hydroxyl groups is 1. The van der Waals surface area contributed by atoms with Gasteiger partial charge in [-0.15, -0.1) is 11.3 Å². The number of aliphatic hydroxyl groups excluding tert-OH is 1. The average Bonchev–Trinajstić information content (AvgIpc) is 2.76. The van der Waals surface area contributed by atoms with Crippen LogP contribution in [0, 0.1) is 11.8 Å².